The minimum atomic E-state index is -4.02. The number of rotatable bonds is 4. The second-order valence-electron chi connectivity index (χ2n) is 6.32. The molecule has 0 radical (unpaired) electrons. The second kappa shape index (κ2) is 6.56. The van der Waals surface area contributed by atoms with E-state index >= 15 is 4.39 Å². The zero-order valence-electron chi connectivity index (χ0n) is 14.6. The standard InChI is InChI=1S/C20H17F3O3S/c1-26-17-9-8-15(12-16(17)21)19(27(2,24)25)10-11-20(23,18(22)13-19)14-6-4-3-5-7-14/h3-13H,1-2H3. The molecule has 2 aromatic rings. The molecule has 0 spiro atoms. The average molecular weight is 394 g/mol. The summed E-state index contributed by atoms with van der Waals surface area (Å²) in [4.78, 5) is 0. The maximum Gasteiger partial charge on any atom is 0.205 e. The minimum absolute atomic E-state index is 0.0259. The highest BCUT2D eigenvalue weighted by Crippen LogP contribution is 2.47. The Bertz CT molecular complexity index is 1030. The summed E-state index contributed by atoms with van der Waals surface area (Å²) in [6.07, 6.45) is 3.49. The van der Waals surface area contributed by atoms with E-state index < -0.39 is 31.9 Å². The van der Waals surface area contributed by atoms with Crippen LogP contribution in [0.15, 0.2) is 72.6 Å². The number of alkyl halides is 1. The van der Waals surface area contributed by atoms with Crippen LogP contribution in [0.5, 0.6) is 5.75 Å². The highest BCUT2D eigenvalue weighted by Gasteiger charge is 2.48. The smallest absolute Gasteiger partial charge is 0.205 e. The predicted octanol–water partition coefficient (Wildman–Crippen LogP) is 4.36. The maximum atomic E-state index is 15.3. The summed E-state index contributed by atoms with van der Waals surface area (Å²) in [5, 5.41) is 0. The normalized spacial score (nSPS) is 25.1. The maximum absolute atomic E-state index is 15.3. The van der Waals surface area contributed by atoms with E-state index in [0.717, 1.165) is 24.5 Å². The first-order valence-corrected chi connectivity index (χ1v) is 9.90. The fourth-order valence-corrected chi connectivity index (χ4v) is 4.30. The molecular formula is C20H17F3O3S. The molecule has 0 aromatic heterocycles. The quantitative estimate of drug-likeness (QED) is 0.724. The van der Waals surface area contributed by atoms with Gasteiger partial charge in [0.25, 0.3) is 0 Å². The molecule has 0 N–H and O–H groups in total. The molecule has 7 heteroatoms. The third kappa shape index (κ3) is 3.06. The van der Waals surface area contributed by atoms with Gasteiger partial charge in [0, 0.05) is 6.26 Å². The Kier molecular flexibility index (Phi) is 4.67. The van der Waals surface area contributed by atoms with Gasteiger partial charge in [-0.3, -0.25) is 0 Å². The molecule has 2 unspecified atom stereocenters. The van der Waals surface area contributed by atoms with Crippen LogP contribution in [-0.4, -0.2) is 21.8 Å². The van der Waals surface area contributed by atoms with E-state index in [-0.39, 0.29) is 16.9 Å². The SMILES string of the molecule is COc1ccc(C2(S(C)(=O)=O)C=CC(F)(c3ccccc3)C(F)=C2)cc1F. The molecule has 142 valence electrons. The lowest BCUT2D eigenvalue weighted by Crippen LogP contribution is -2.36. The average Bonchev–Trinajstić information content (AvgIpc) is 2.63. The molecule has 1 aliphatic carbocycles. The van der Waals surface area contributed by atoms with Crippen LogP contribution in [0.2, 0.25) is 0 Å². The zero-order chi connectivity index (χ0) is 19.9. The van der Waals surface area contributed by atoms with E-state index in [9.17, 15) is 17.2 Å². The first-order valence-electron chi connectivity index (χ1n) is 8.01. The molecule has 0 fully saturated rings. The van der Waals surface area contributed by atoms with Gasteiger partial charge in [0.05, 0.1) is 7.11 Å². The molecule has 0 amide bonds. The van der Waals surface area contributed by atoms with Gasteiger partial charge in [0.1, 0.15) is 10.6 Å². The number of halogens is 3. The molecule has 27 heavy (non-hydrogen) atoms. The Morgan fingerprint density at radius 3 is 2.15 bits per heavy atom. The molecule has 0 saturated heterocycles. The minimum Gasteiger partial charge on any atom is -0.494 e. The Morgan fingerprint density at radius 1 is 0.963 bits per heavy atom. The number of ether oxygens (including phenoxy) is 1. The number of benzene rings is 2. The summed E-state index contributed by atoms with van der Waals surface area (Å²) in [5.74, 6) is -2.17. The van der Waals surface area contributed by atoms with Crippen molar-refractivity contribution < 1.29 is 26.3 Å². The van der Waals surface area contributed by atoms with Crippen molar-refractivity contribution in [3.8, 4) is 5.75 Å². The molecule has 3 nitrogen and oxygen atoms in total. The molecule has 0 heterocycles. The van der Waals surface area contributed by atoms with E-state index in [0.29, 0.717) is 6.08 Å². The van der Waals surface area contributed by atoms with Crippen LogP contribution in [-0.2, 0) is 20.3 Å². The summed E-state index contributed by atoms with van der Waals surface area (Å²) >= 11 is 0. The fraction of sp³-hybridized carbons (Fsp3) is 0.200. The van der Waals surface area contributed by atoms with Gasteiger partial charge in [-0.2, -0.15) is 0 Å². The van der Waals surface area contributed by atoms with Gasteiger partial charge in [0.15, 0.2) is 21.4 Å². The topological polar surface area (TPSA) is 43.4 Å². The van der Waals surface area contributed by atoms with Gasteiger partial charge >= 0.3 is 0 Å². The van der Waals surface area contributed by atoms with E-state index in [1.165, 1.54) is 31.4 Å². The van der Waals surface area contributed by atoms with Crippen LogP contribution in [0.3, 0.4) is 0 Å². The molecule has 2 atom stereocenters. The Morgan fingerprint density at radius 2 is 1.63 bits per heavy atom. The lowest BCUT2D eigenvalue weighted by molar-refractivity contribution is 0.232. The second-order valence-corrected chi connectivity index (χ2v) is 8.54. The van der Waals surface area contributed by atoms with Gasteiger partial charge in [-0.05, 0) is 35.4 Å². The lowest BCUT2D eigenvalue weighted by atomic mass is 9.84. The van der Waals surface area contributed by atoms with Gasteiger partial charge in [-0.1, -0.05) is 42.5 Å². The van der Waals surface area contributed by atoms with Gasteiger partial charge < -0.3 is 4.74 Å². The van der Waals surface area contributed by atoms with Crippen molar-refractivity contribution in [2.45, 2.75) is 10.4 Å². The van der Waals surface area contributed by atoms with Crippen molar-refractivity contribution >= 4 is 9.84 Å². The Hall–Kier alpha value is -2.54. The third-order valence-electron chi connectivity index (χ3n) is 4.66. The van der Waals surface area contributed by atoms with Crippen molar-refractivity contribution in [3.05, 3.63) is 89.5 Å². The largest absolute Gasteiger partial charge is 0.494 e. The highest BCUT2D eigenvalue weighted by molar-refractivity contribution is 7.92. The first kappa shape index (κ1) is 19.2. The predicted molar refractivity (Wildman–Crippen MR) is 97.0 cm³/mol. The Balaban J connectivity index is 2.20. The van der Waals surface area contributed by atoms with Crippen LogP contribution in [0.4, 0.5) is 13.2 Å². The van der Waals surface area contributed by atoms with E-state index in [1.54, 1.807) is 18.2 Å². The summed E-state index contributed by atoms with van der Waals surface area (Å²) in [6, 6.07) is 11.1. The van der Waals surface area contributed by atoms with Crippen molar-refractivity contribution in [1.82, 2.24) is 0 Å². The van der Waals surface area contributed by atoms with Crippen LogP contribution in [0.1, 0.15) is 11.1 Å². The van der Waals surface area contributed by atoms with Crippen LogP contribution in [0.25, 0.3) is 0 Å². The summed E-state index contributed by atoms with van der Waals surface area (Å²) in [6.45, 7) is 0. The molecule has 3 rings (SSSR count). The number of hydrogen-bond acceptors (Lipinski definition) is 3. The third-order valence-corrected chi connectivity index (χ3v) is 6.38. The van der Waals surface area contributed by atoms with E-state index in [2.05, 4.69) is 0 Å². The molecule has 1 aliphatic rings. The monoisotopic (exact) mass is 394 g/mol. The molecule has 0 aliphatic heterocycles. The highest BCUT2D eigenvalue weighted by atomic mass is 32.2. The van der Waals surface area contributed by atoms with Crippen molar-refractivity contribution in [2.24, 2.45) is 0 Å². The number of hydrogen-bond donors (Lipinski definition) is 0. The zero-order valence-corrected chi connectivity index (χ0v) is 15.4. The number of methoxy groups -OCH3 is 1. The summed E-state index contributed by atoms with van der Waals surface area (Å²) in [7, 11) is -2.75. The van der Waals surface area contributed by atoms with Gasteiger partial charge in [0.2, 0.25) is 5.67 Å². The lowest BCUT2D eigenvalue weighted by Gasteiger charge is -2.33. The van der Waals surface area contributed by atoms with Gasteiger partial charge in [-0.15, -0.1) is 0 Å². The summed E-state index contributed by atoms with van der Waals surface area (Å²) in [5.41, 5.74) is -2.62. The Labute approximate surface area is 155 Å². The molecule has 2 aromatic carbocycles. The van der Waals surface area contributed by atoms with Crippen molar-refractivity contribution in [3.63, 3.8) is 0 Å². The van der Waals surface area contributed by atoms with E-state index in [4.69, 9.17) is 4.74 Å². The molecule has 0 saturated carbocycles. The van der Waals surface area contributed by atoms with Gasteiger partial charge in [-0.25, -0.2) is 21.6 Å². The molecular weight excluding hydrogens is 377 g/mol. The summed E-state index contributed by atoms with van der Waals surface area (Å²) < 4.78 is 72.2. The van der Waals surface area contributed by atoms with E-state index in [1.807, 2.05) is 0 Å². The fourth-order valence-electron chi connectivity index (χ4n) is 3.11. The first-order chi connectivity index (χ1) is 12.6. The van der Waals surface area contributed by atoms with Crippen LogP contribution in [0, 0.1) is 5.82 Å². The molecule has 0 bridgehead atoms. The van der Waals surface area contributed by atoms with Crippen molar-refractivity contribution in [2.75, 3.05) is 13.4 Å². The van der Waals surface area contributed by atoms with Crippen molar-refractivity contribution in [1.29, 1.82) is 0 Å². The van der Waals surface area contributed by atoms with Crippen LogP contribution < -0.4 is 4.74 Å². The van der Waals surface area contributed by atoms with Crippen LogP contribution >= 0.6 is 0 Å². The number of allylic oxidation sites excluding steroid dienone is 2. The number of sulfone groups is 1.